The van der Waals surface area contributed by atoms with Crippen molar-refractivity contribution >= 4 is 12.0 Å². The summed E-state index contributed by atoms with van der Waals surface area (Å²) in [5.41, 5.74) is -0.207. The van der Waals surface area contributed by atoms with E-state index in [4.69, 9.17) is 9.84 Å². The van der Waals surface area contributed by atoms with Crippen LogP contribution in [-0.2, 0) is 9.53 Å². The number of urea groups is 1. The summed E-state index contributed by atoms with van der Waals surface area (Å²) in [6.45, 7) is 5.64. The number of carbonyl (C=O) groups excluding carboxylic acids is 1. The van der Waals surface area contributed by atoms with Crippen LogP contribution in [-0.4, -0.2) is 53.3 Å². The van der Waals surface area contributed by atoms with Gasteiger partial charge >= 0.3 is 12.0 Å². The average molecular weight is 284 g/mol. The topological polar surface area (TPSA) is 78.9 Å². The molecule has 0 aromatic carbocycles. The zero-order valence-corrected chi connectivity index (χ0v) is 12.2. The van der Waals surface area contributed by atoms with Gasteiger partial charge < -0.3 is 20.1 Å². The summed E-state index contributed by atoms with van der Waals surface area (Å²) in [5, 5.41) is 12.1. The Morgan fingerprint density at radius 1 is 1.35 bits per heavy atom. The van der Waals surface area contributed by atoms with Crippen LogP contribution in [0.4, 0.5) is 4.79 Å². The average Bonchev–Trinajstić information content (AvgIpc) is 2.37. The van der Waals surface area contributed by atoms with Crippen molar-refractivity contribution < 1.29 is 19.4 Å². The SMILES string of the molecule is CC1(C)CC(NC(=O)N2CCC[C@H](C(=O)O)C2)CCO1. The molecule has 2 aliphatic rings. The largest absolute Gasteiger partial charge is 0.481 e. The Morgan fingerprint density at radius 2 is 2.10 bits per heavy atom. The molecule has 2 saturated heterocycles. The van der Waals surface area contributed by atoms with Crippen molar-refractivity contribution in [1.82, 2.24) is 10.2 Å². The summed E-state index contributed by atoms with van der Waals surface area (Å²) in [6.07, 6.45) is 3.01. The second-order valence-electron chi connectivity index (χ2n) is 6.37. The normalized spacial score (nSPS) is 29.8. The van der Waals surface area contributed by atoms with Gasteiger partial charge in [0.1, 0.15) is 0 Å². The fourth-order valence-electron chi connectivity index (χ4n) is 2.98. The van der Waals surface area contributed by atoms with Crippen molar-refractivity contribution in [2.24, 2.45) is 5.92 Å². The highest BCUT2D eigenvalue weighted by molar-refractivity contribution is 5.76. The number of hydrogen-bond acceptors (Lipinski definition) is 3. The molecule has 6 heteroatoms. The summed E-state index contributed by atoms with van der Waals surface area (Å²) < 4.78 is 5.63. The molecular formula is C14H24N2O4. The quantitative estimate of drug-likeness (QED) is 0.804. The van der Waals surface area contributed by atoms with E-state index in [-0.39, 0.29) is 17.7 Å². The predicted molar refractivity (Wildman–Crippen MR) is 73.5 cm³/mol. The first-order valence-electron chi connectivity index (χ1n) is 7.29. The third kappa shape index (κ3) is 3.85. The molecule has 2 rings (SSSR count). The van der Waals surface area contributed by atoms with Crippen LogP contribution in [0.5, 0.6) is 0 Å². The molecule has 20 heavy (non-hydrogen) atoms. The van der Waals surface area contributed by atoms with Gasteiger partial charge in [0.25, 0.3) is 0 Å². The minimum atomic E-state index is -0.810. The molecule has 0 aromatic rings. The summed E-state index contributed by atoms with van der Waals surface area (Å²) >= 11 is 0. The smallest absolute Gasteiger partial charge is 0.317 e. The van der Waals surface area contributed by atoms with Gasteiger partial charge in [0.15, 0.2) is 0 Å². The molecule has 6 nitrogen and oxygen atoms in total. The van der Waals surface area contributed by atoms with Crippen LogP contribution in [0.1, 0.15) is 39.5 Å². The maximum Gasteiger partial charge on any atom is 0.317 e. The van der Waals surface area contributed by atoms with Gasteiger partial charge in [-0.05, 0) is 39.5 Å². The van der Waals surface area contributed by atoms with Crippen molar-refractivity contribution in [3.05, 3.63) is 0 Å². The number of likely N-dealkylation sites (tertiary alicyclic amines) is 1. The number of amides is 2. The molecule has 1 unspecified atom stereocenters. The van der Waals surface area contributed by atoms with Gasteiger partial charge in [0.2, 0.25) is 0 Å². The second kappa shape index (κ2) is 5.99. The maximum atomic E-state index is 12.2. The molecule has 0 radical (unpaired) electrons. The number of ether oxygens (including phenoxy) is 1. The zero-order chi connectivity index (χ0) is 14.8. The Labute approximate surface area is 119 Å². The lowest BCUT2D eigenvalue weighted by atomic mass is 9.94. The molecule has 2 heterocycles. The highest BCUT2D eigenvalue weighted by Crippen LogP contribution is 2.24. The fraction of sp³-hybridized carbons (Fsp3) is 0.857. The fourth-order valence-corrected chi connectivity index (χ4v) is 2.98. The van der Waals surface area contributed by atoms with Gasteiger partial charge in [-0.25, -0.2) is 4.79 Å². The third-order valence-electron chi connectivity index (χ3n) is 4.08. The first-order valence-corrected chi connectivity index (χ1v) is 7.29. The first kappa shape index (κ1) is 15.1. The van der Waals surface area contributed by atoms with E-state index in [9.17, 15) is 9.59 Å². The molecule has 0 bridgehead atoms. The summed E-state index contributed by atoms with van der Waals surface area (Å²) in [6, 6.07) is -0.0323. The van der Waals surface area contributed by atoms with E-state index in [1.165, 1.54) is 0 Å². The van der Waals surface area contributed by atoms with Gasteiger partial charge in [-0.15, -0.1) is 0 Å². The minimum Gasteiger partial charge on any atom is -0.481 e. The van der Waals surface area contributed by atoms with Crippen LogP contribution < -0.4 is 5.32 Å². The molecule has 2 aliphatic heterocycles. The van der Waals surface area contributed by atoms with Gasteiger partial charge in [-0.3, -0.25) is 4.79 Å². The first-order chi connectivity index (χ1) is 9.37. The summed E-state index contributed by atoms with van der Waals surface area (Å²) in [7, 11) is 0. The Balaban J connectivity index is 1.86. The van der Waals surface area contributed by atoms with E-state index in [1.807, 2.05) is 13.8 Å². The van der Waals surface area contributed by atoms with E-state index < -0.39 is 11.9 Å². The Bertz CT molecular complexity index is 383. The molecule has 0 spiro atoms. The highest BCUT2D eigenvalue weighted by Gasteiger charge is 2.32. The van der Waals surface area contributed by atoms with Crippen LogP contribution in [0.25, 0.3) is 0 Å². The van der Waals surface area contributed by atoms with Crippen molar-refractivity contribution in [2.75, 3.05) is 19.7 Å². The van der Waals surface area contributed by atoms with Crippen LogP contribution in [0, 0.1) is 5.92 Å². The van der Waals surface area contributed by atoms with Crippen molar-refractivity contribution in [3.8, 4) is 0 Å². The van der Waals surface area contributed by atoms with E-state index >= 15 is 0 Å². The third-order valence-corrected chi connectivity index (χ3v) is 4.08. The highest BCUT2D eigenvalue weighted by atomic mass is 16.5. The number of rotatable bonds is 2. The van der Waals surface area contributed by atoms with Crippen LogP contribution in [0.15, 0.2) is 0 Å². The van der Waals surface area contributed by atoms with Gasteiger partial charge in [0, 0.05) is 25.7 Å². The lowest BCUT2D eigenvalue weighted by Crippen LogP contribution is -2.52. The van der Waals surface area contributed by atoms with Crippen molar-refractivity contribution in [1.29, 1.82) is 0 Å². The number of aliphatic carboxylic acids is 1. The lowest BCUT2D eigenvalue weighted by molar-refractivity contribution is -0.143. The molecule has 0 aromatic heterocycles. The standard InChI is InChI=1S/C14H24N2O4/c1-14(2)8-11(5-7-20-14)15-13(19)16-6-3-4-10(9-16)12(17)18/h10-11H,3-9H2,1-2H3,(H,15,19)(H,17,18)/t10-,11?/m0/s1. The number of carbonyl (C=O) groups is 2. The molecule has 114 valence electrons. The molecule has 2 atom stereocenters. The zero-order valence-electron chi connectivity index (χ0n) is 12.2. The maximum absolute atomic E-state index is 12.2. The summed E-state index contributed by atoms with van der Waals surface area (Å²) in [4.78, 5) is 24.9. The molecule has 2 N–H and O–H groups in total. The van der Waals surface area contributed by atoms with Gasteiger partial charge in [-0.1, -0.05) is 0 Å². The van der Waals surface area contributed by atoms with Crippen LogP contribution in [0.2, 0.25) is 0 Å². The molecule has 2 fully saturated rings. The van der Waals surface area contributed by atoms with E-state index in [0.29, 0.717) is 26.1 Å². The van der Waals surface area contributed by atoms with E-state index in [0.717, 1.165) is 19.3 Å². The number of carboxylic acid groups (broad SMARTS) is 1. The molecule has 0 aliphatic carbocycles. The van der Waals surface area contributed by atoms with Gasteiger partial charge in [0.05, 0.1) is 11.5 Å². The number of carboxylic acids is 1. The van der Waals surface area contributed by atoms with E-state index in [1.54, 1.807) is 4.90 Å². The Morgan fingerprint density at radius 3 is 2.75 bits per heavy atom. The Hall–Kier alpha value is -1.30. The molecule has 2 amide bonds. The number of nitrogens with zero attached hydrogens (tertiary/aromatic N) is 1. The van der Waals surface area contributed by atoms with Crippen molar-refractivity contribution in [3.63, 3.8) is 0 Å². The monoisotopic (exact) mass is 284 g/mol. The Kier molecular flexibility index (Phi) is 4.52. The predicted octanol–water partition coefficient (Wildman–Crippen LogP) is 1.45. The lowest BCUT2D eigenvalue weighted by Gasteiger charge is -2.37. The van der Waals surface area contributed by atoms with Gasteiger partial charge in [-0.2, -0.15) is 0 Å². The molecular weight excluding hydrogens is 260 g/mol. The molecule has 0 saturated carbocycles. The number of hydrogen-bond donors (Lipinski definition) is 2. The van der Waals surface area contributed by atoms with Crippen molar-refractivity contribution in [2.45, 2.75) is 51.2 Å². The number of nitrogens with one attached hydrogen (secondary N) is 1. The minimum absolute atomic E-state index is 0.108. The van der Waals surface area contributed by atoms with E-state index in [2.05, 4.69) is 5.32 Å². The second-order valence-corrected chi connectivity index (χ2v) is 6.37. The number of piperidine rings is 1. The summed E-state index contributed by atoms with van der Waals surface area (Å²) in [5.74, 6) is -1.24. The van der Waals surface area contributed by atoms with Crippen LogP contribution >= 0.6 is 0 Å². The van der Waals surface area contributed by atoms with Crippen LogP contribution in [0.3, 0.4) is 0 Å².